The van der Waals surface area contributed by atoms with Gasteiger partial charge in [0.05, 0.1) is 12.8 Å². The van der Waals surface area contributed by atoms with Crippen LogP contribution in [0, 0.1) is 6.92 Å². The van der Waals surface area contributed by atoms with E-state index in [0.717, 1.165) is 29.1 Å². The molecule has 3 nitrogen and oxygen atoms in total. The summed E-state index contributed by atoms with van der Waals surface area (Å²) in [7, 11) is 1.64. The average molecular weight is 191 g/mol. The minimum atomic E-state index is 0.213. The predicted molar refractivity (Wildman–Crippen MR) is 55.2 cm³/mol. The minimum Gasteiger partial charge on any atom is -0.496 e. The summed E-state index contributed by atoms with van der Waals surface area (Å²) in [5.41, 5.74) is 2.73. The van der Waals surface area contributed by atoms with Crippen LogP contribution in [-0.2, 0) is 0 Å². The largest absolute Gasteiger partial charge is 0.496 e. The van der Waals surface area contributed by atoms with Gasteiger partial charge in [-0.05, 0) is 19.1 Å². The molecule has 1 aromatic rings. The van der Waals surface area contributed by atoms with E-state index in [1.54, 1.807) is 7.11 Å². The lowest BCUT2D eigenvalue weighted by molar-refractivity contribution is 0.0983. The van der Waals surface area contributed by atoms with Crippen molar-refractivity contribution in [1.29, 1.82) is 0 Å². The molecule has 1 aliphatic heterocycles. The summed E-state index contributed by atoms with van der Waals surface area (Å²) in [6.07, 6.45) is 0.582. The van der Waals surface area contributed by atoms with Crippen LogP contribution >= 0.6 is 0 Å². The van der Waals surface area contributed by atoms with E-state index in [-0.39, 0.29) is 5.78 Å². The number of hydrogen-bond donors (Lipinski definition) is 1. The Kier molecular flexibility index (Phi) is 2.15. The Bertz CT molecular complexity index is 385. The summed E-state index contributed by atoms with van der Waals surface area (Å²) in [5, 5.41) is 3.24. The second kappa shape index (κ2) is 3.33. The Morgan fingerprint density at radius 1 is 1.43 bits per heavy atom. The third kappa shape index (κ3) is 1.25. The zero-order chi connectivity index (χ0) is 10.1. The highest BCUT2D eigenvalue weighted by molar-refractivity contribution is 6.04. The van der Waals surface area contributed by atoms with Crippen LogP contribution in [0.2, 0.25) is 0 Å². The van der Waals surface area contributed by atoms with E-state index in [9.17, 15) is 4.79 Å². The SMILES string of the molecule is COc1ccc2c(c1C)NCCC2=O. The van der Waals surface area contributed by atoms with E-state index in [1.807, 2.05) is 19.1 Å². The highest BCUT2D eigenvalue weighted by Crippen LogP contribution is 2.31. The van der Waals surface area contributed by atoms with E-state index < -0.39 is 0 Å². The fraction of sp³-hybridized carbons (Fsp3) is 0.364. The standard InChI is InChI=1S/C11H13NO2/c1-7-10(14-2)4-3-8-9(13)5-6-12-11(7)8/h3-4,12H,5-6H2,1-2H3. The van der Waals surface area contributed by atoms with E-state index in [4.69, 9.17) is 4.74 Å². The van der Waals surface area contributed by atoms with Crippen molar-refractivity contribution < 1.29 is 9.53 Å². The molecule has 1 N–H and O–H groups in total. The molecule has 0 unspecified atom stereocenters. The number of nitrogens with one attached hydrogen (secondary N) is 1. The first kappa shape index (κ1) is 9.06. The number of ether oxygens (including phenoxy) is 1. The fourth-order valence-corrected chi connectivity index (χ4v) is 1.81. The van der Waals surface area contributed by atoms with E-state index in [1.165, 1.54) is 0 Å². The van der Waals surface area contributed by atoms with Crippen molar-refractivity contribution in [3.05, 3.63) is 23.3 Å². The summed E-state index contributed by atoms with van der Waals surface area (Å²) in [5.74, 6) is 1.04. The molecule has 0 fully saturated rings. The molecule has 0 radical (unpaired) electrons. The first-order chi connectivity index (χ1) is 6.74. The molecule has 0 atom stereocenters. The minimum absolute atomic E-state index is 0.213. The van der Waals surface area contributed by atoms with Gasteiger partial charge in [0.25, 0.3) is 0 Å². The van der Waals surface area contributed by atoms with E-state index in [2.05, 4.69) is 5.32 Å². The quantitative estimate of drug-likeness (QED) is 0.737. The number of carbonyl (C=O) groups is 1. The first-order valence-electron chi connectivity index (χ1n) is 4.68. The molecule has 2 rings (SSSR count). The second-order valence-corrected chi connectivity index (χ2v) is 3.42. The van der Waals surface area contributed by atoms with Gasteiger partial charge in [0.2, 0.25) is 0 Å². The monoisotopic (exact) mass is 191 g/mol. The lowest BCUT2D eigenvalue weighted by Gasteiger charge is -2.20. The normalized spacial score (nSPS) is 14.6. The molecule has 74 valence electrons. The number of hydrogen-bond acceptors (Lipinski definition) is 3. The first-order valence-corrected chi connectivity index (χ1v) is 4.68. The third-order valence-electron chi connectivity index (χ3n) is 2.59. The lowest BCUT2D eigenvalue weighted by atomic mass is 9.98. The molecule has 0 aliphatic carbocycles. The smallest absolute Gasteiger partial charge is 0.166 e. The van der Waals surface area contributed by atoms with Crippen molar-refractivity contribution in [3.63, 3.8) is 0 Å². The maximum Gasteiger partial charge on any atom is 0.166 e. The number of ketones is 1. The van der Waals surface area contributed by atoms with Crippen LogP contribution in [0.3, 0.4) is 0 Å². The molecule has 1 heterocycles. The van der Waals surface area contributed by atoms with Crippen molar-refractivity contribution in [2.24, 2.45) is 0 Å². The molecule has 0 amide bonds. The van der Waals surface area contributed by atoms with E-state index in [0.29, 0.717) is 6.42 Å². The van der Waals surface area contributed by atoms with Crippen LogP contribution < -0.4 is 10.1 Å². The molecule has 0 spiro atoms. The number of rotatable bonds is 1. The highest BCUT2D eigenvalue weighted by Gasteiger charge is 2.19. The number of methoxy groups -OCH3 is 1. The Labute approximate surface area is 83.1 Å². The molecule has 0 aromatic heterocycles. The number of fused-ring (bicyclic) bond motifs is 1. The number of benzene rings is 1. The molecule has 0 bridgehead atoms. The van der Waals surface area contributed by atoms with Gasteiger partial charge in [-0.3, -0.25) is 4.79 Å². The lowest BCUT2D eigenvalue weighted by Crippen LogP contribution is -2.19. The summed E-state index contributed by atoms with van der Waals surface area (Å²) in [4.78, 5) is 11.6. The molecule has 0 saturated heterocycles. The zero-order valence-corrected chi connectivity index (χ0v) is 8.39. The fourth-order valence-electron chi connectivity index (χ4n) is 1.81. The van der Waals surface area contributed by atoms with Crippen LogP contribution in [0.4, 0.5) is 5.69 Å². The Hall–Kier alpha value is -1.51. The van der Waals surface area contributed by atoms with Crippen molar-refractivity contribution in [2.45, 2.75) is 13.3 Å². The summed E-state index contributed by atoms with van der Waals surface area (Å²) in [6.45, 7) is 2.68. The molecule has 1 aromatic carbocycles. The third-order valence-corrected chi connectivity index (χ3v) is 2.59. The van der Waals surface area contributed by atoms with Crippen molar-refractivity contribution in [2.75, 3.05) is 19.0 Å². The number of Topliss-reactive ketones (excluding diaryl/α,β-unsaturated/α-hetero) is 1. The highest BCUT2D eigenvalue weighted by atomic mass is 16.5. The Morgan fingerprint density at radius 2 is 2.21 bits per heavy atom. The van der Waals surface area contributed by atoms with Gasteiger partial charge in [-0.1, -0.05) is 0 Å². The molecule has 0 saturated carbocycles. The van der Waals surface area contributed by atoms with Crippen molar-refractivity contribution in [3.8, 4) is 5.75 Å². The number of carbonyl (C=O) groups excluding carboxylic acids is 1. The molecular formula is C11H13NO2. The summed E-state index contributed by atoms with van der Waals surface area (Å²) in [6, 6.07) is 3.68. The van der Waals surface area contributed by atoms with Crippen molar-refractivity contribution in [1.82, 2.24) is 0 Å². The van der Waals surface area contributed by atoms with Gasteiger partial charge in [0.1, 0.15) is 5.75 Å². The summed E-state index contributed by atoms with van der Waals surface area (Å²) >= 11 is 0. The summed E-state index contributed by atoms with van der Waals surface area (Å²) < 4.78 is 5.19. The topological polar surface area (TPSA) is 38.3 Å². The van der Waals surface area contributed by atoms with Crippen molar-refractivity contribution >= 4 is 11.5 Å². The van der Waals surface area contributed by atoms with Gasteiger partial charge in [-0.15, -0.1) is 0 Å². The molecular weight excluding hydrogens is 178 g/mol. The zero-order valence-electron chi connectivity index (χ0n) is 8.39. The van der Waals surface area contributed by atoms with Gasteiger partial charge in [-0.2, -0.15) is 0 Å². The van der Waals surface area contributed by atoms with Gasteiger partial charge in [-0.25, -0.2) is 0 Å². The molecule has 3 heteroatoms. The maximum atomic E-state index is 11.6. The molecule has 14 heavy (non-hydrogen) atoms. The van der Waals surface area contributed by atoms with Gasteiger partial charge >= 0.3 is 0 Å². The second-order valence-electron chi connectivity index (χ2n) is 3.42. The van der Waals surface area contributed by atoms with Gasteiger partial charge in [0.15, 0.2) is 5.78 Å². The number of anilines is 1. The Balaban J connectivity index is 2.57. The van der Waals surface area contributed by atoms with Crippen LogP contribution in [-0.4, -0.2) is 19.4 Å². The van der Waals surface area contributed by atoms with Crippen LogP contribution in [0.1, 0.15) is 22.3 Å². The van der Waals surface area contributed by atoms with E-state index >= 15 is 0 Å². The Morgan fingerprint density at radius 3 is 2.93 bits per heavy atom. The van der Waals surface area contributed by atoms with Crippen LogP contribution in [0.25, 0.3) is 0 Å². The van der Waals surface area contributed by atoms with Crippen LogP contribution in [0.5, 0.6) is 5.75 Å². The molecule has 1 aliphatic rings. The maximum absolute atomic E-state index is 11.6. The predicted octanol–water partition coefficient (Wildman–Crippen LogP) is 2.00. The average Bonchev–Trinajstić information content (AvgIpc) is 2.20. The van der Waals surface area contributed by atoms with Gasteiger partial charge in [0, 0.05) is 24.1 Å². The van der Waals surface area contributed by atoms with Crippen LogP contribution in [0.15, 0.2) is 12.1 Å². The van der Waals surface area contributed by atoms with Gasteiger partial charge < -0.3 is 10.1 Å².